The highest BCUT2D eigenvalue weighted by molar-refractivity contribution is 5.43. The monoisotopic (exact) mass is 307 g/mol. The molecule has 0 aliphatic carbocycles. The minimum Gasteiger partial charge on any atom is -0.493 e. The van der Waals surface area contributed by atoms with Crippen molar-refractivity contribution in [3.05, 3.63) is 23.8 Å². The number of aliphatic hydroxyl groups is 1. The van der Waals surface area contributed by atoms with Crippen LogP contribution < -0.4 is 9.47 Å². The molecule has 0 amide bonds. The SMILES string of the molecule is COc1ccc(C(O)CCCN2CCC(C)CC2)cc1OC. The first-order valence-corrected chi connectivity index (χ1v) is 8.26. The van der Waals surface area contributed by atoms with E-state index in [1.165, 1.54) is 25.9 Å². The van der Waals surface area contributed by atoms with Crippen molar-refractivity contribution >= 4 is 0 Å². The Labute approximate surface area is 134 Å². The molecule has 1 aliphatic heterocycles. The molecule has 4 nitrogen and oxygen atoms in total. The molecule has 2 rings (SSSR count). The van der Waals surface area contributed by atoms with Crippen LogP contribution >= 0.6 is 0 Å². The lowest BCUT2D eigenvalue weighted by molar-refractivity contribution is 0.144. The zero-order valence-corrected chi connectivity index (χ0v) is 14.0. The van der Waals surface area contributed by atoms with Crippen LogP contribution in [0.3, 0.4) is 0 Å². The summed E-state index contributed by atoms with van der Waals surface area (Å²) in [6, 6.07) is 5.63. The number of methoxy groups -OCH3 is 2. The first kappa shape index (κ1) is 17.1. The minimum absolute atomic E-state index is 0.441. The summed E-state index contributed by atoms with van der Waals surface area (Å²) in [7, 11) is 3.23. The molecule has 1 saturated heterocycles. The second-order valence-electron chi connectivity index (χ2n) is 6.30. The Morgan fingerprint density at radius 3 is 2.50 bits per heavy atom. The van der Waals surface area contributed by atoms with Crippen LogP contribution in [0.15, 0.2) is 18.2 Å². The summed E-state index contributed by atoms with van der Waals surface area (Å²) in [5.41, 5.74) is 0.893. The number of ether oxygens (including phenoxy) is 2. The lowest BCUT2D eigenvalue weighted by Crippen LogP contribution is -2.33. The molecule has 0 bridgehead atoms. The number of aliphatic hydroxyl groups excluding tert-OH is 1. The van der Waals surface area contributed by atoms with E-state index in [0.717, 1.165) is 30.9 Å². The quantitative estimate of drug-likeness (QED) is 0.839. The summed E-state index contributed by atoms with van der Waals surface area (Å²) < 4.78 is 10.5. The van der Waals surface area contributed by atoms with Gasteiger partial charge in [0.25, 0.3) is 0 Å². The van der Waals surface area contributed by atoms with E-state index in [9.17, 15) is 5.11 Å². The second-order valence-corrected chi connectivity index (χ2v) is 6.30. The standard InChI is InChI=1S/C18H29NO3/c1-14-8-11-19(12-9-14)10-4-5-16(20)15-6-7-17(21-2)18(13-15)22-3/h6-7,13-14,16,20H,4-5,8-12H2,1-3H3. The first-order valence-electron chi connectivity index (χ1n) is 8.26. The van der Waals surface area contributed by atoms with Gasteiger partial charge in [-0.15, -0.1) is 0 Å². The Balaban J connectivity index is 1.80. The highest BCUT2D eigenvalue weighted by atomic mass is 16.5. The summed E-state index contributed by atoms with van der Waals surface area (Å²) in [4.78, 5) is 2.52. The van der Waals surface area contributed by atoms with Crippen LogP contribution in [-0.4, -0.2) is 43.9 Å². The molecule has 1 N–H and O–H groups in total. The van der Waals surface area contributed by atoms with Gasteiger partial charge in [-0.05, 0) is 68.9 Å². The molecule has 1 fully saturated rings. The zero-order valence-electron chi connectivity index (χ0n) is 14.0. The number of benzene rings is 1. The third-order valence-electron chi connectivity index (χ3n) is 4.62. The zero-order chi connectivity index (χ0) is 15.9. The van der Waals surface area contributed by atoms with Gasteiger partial charge in [0.2, 0.25) is 0 Å². The molecule has 1 aliphatic rings. The lowest BCUT2D eigenvalue weighted by Gasteiger charge is -2.30. The van der Waals surface area contributed by atoms with E-state index in [1.807, 2.05) is 18.2 Å². The second kappa shape index (κ2) is 8.39. The minimum atomic E-state index is -0.441. The van der Waals surface area contributed by atoms with Crippen LogP contribution in [0.2, 0.25) is 0 Å². The van der Waals surface area contributed by atoms with E-state index in [4.69, 9.17) is 9.47 Å². The molecule has 124 valence electrons. The van der Waals surface area contributed by atoms with Crippen molar-refractivity contribution in [1.29, 1.82) is 0 Å². The summed E-state index contributed by atoms with van der Waals surface area (Å²) >= 11 is 0. The Bertz CT molecular complexity index is 456. The fourth-order valence-electron chi connectivity index (χ4n) is 3.02. The Morgan fingerprint density at radius 1 is 1.18 bits per heavy atom. The molecule has 0 saturated carbocycles. The highest BCUT2D eigenvalue weighted by Gasteiger charge is 2.16. The van der Waals surface area contributed by atoms with Gasteiger partial charge in [-0.3, -0.25) is 0 Å². The van der Waals surface area contributed by atoms with Crippen molar-refractivity contribution in [3.8, 4) is 11.5 Å². The van der Waals surface area contributed by atoms with Crippen molar-refractivity contribution in [3.63, 3.8) is 0 Å². The molecule has 0 aromatic heterocycles. The molecule has 1 aromatic carbocycles. The molecule has 1 unspecified atom stereocenters. The molecule has 1 aromatic rings. The molecule has 0 spiro atoms. The van der Waals surface area contributed by atoms with Crippen LogP contribution in [0.5, 0.6) is 11.5 Å². The number of rotatable bonds is 7. The van der Waals surface area contributed by atoms with Crippen LogP contribution in [0.25, 0.3) is 0 Å². The number of piperidine rings is 1. The molecule has 4 heteroatoms. The van der Waals surface area contributed by atoms with Gasteiger partial charge in [0.15, 0.2) is 11.5 Å². The normalized spacial score (nSPS) is 18.2. The fraction of sp³-hybridized carbons (Fsp3) is 0.667. The maximum Gasteiger partial charge on any atom is 0.161 e. The van der Waals surface area contributed by atoms with E-state index in [1.54, 1.807) is 14.2 Å². The third-order valence-corrected chi connectivity index (χ3v) is 4.62. The van der Waals surface area contributed by atoms with E-state index in [-0.39, 0.29) is 0 Å². The average molecular weight is 307 g/mol. The molecular weight excluding hydrogens is 278 g/mol. The van der Waals surface area contributed by atoms with Crippen LogP contribution in [0, 0.1) is 5.92 Å². The molecular formula is C18H29NO3. The predicted molar refractivity (Wildman–Crippen MR) is 88.6 cm³/mol. The van der Waals surface area contributed by atoms with Crippen molar-refractivity contribution in [1.82, 2.24) is 4.90 Å². The maximum atomic E-state index is 10.4. The van der Waals surface area contributed by atoms with E-state index >= 15 is 0 Å². The highest BCUT2D eigenvalue weighted by Crippen LogP contribution is 2.31. The summed E-state index contributed by atoms with van der Waals surface area (Å²) in [5, 5.41) is 10.4. The summed E-state index contributed by atoms with van der Waals surface area (Å²) in [6.07, 6.45) is 3.96. The number of hydrogen-bond acceptors (Lipinski definition) is 4. The molecule has 0 radical (unpaired) electrons. The van der Waals surface area contributed by atoms with Gasteiger partial charge in [-0.25, -0.2) is 0 Å². The Morgan fingerprint density at radius 2 is 1.86 bits per heavy atom. The molecule has 1 heterocycles. The van der Waals surface area contributed by atoms with Gasteiger partial charge >= 0.3 is 0 Å². The van der Waals surface area contributed by atoms with Crippen LogP contribution in [0.1, 0.15) is 44.3 Å². The van der Waals surface area contributed by atoms with Crippen LogP contribution in [0.4, 0.5) is 0 Å². The maximum absolute atomic E-state index is 10.4. The fourth-order valence-corrected chi connectivity index (χ4v) is 3.02. The number of likely N-dealkylation sites (tertiary alicyclic amines) is 1. The van der Waals surface area contributed by atoms with E-state index in [0.29, 0.717) is 11.5 Å². The molecule has 22 heavy (non-hydrogen) atoms. The van der Waals surface area contributed by atoms with Crippen molar-refractivity contribution in [2.24, 2.45) is 5.92 Å². The summed E-state index contributed by atoms with van der Waals surface area (Å²) in [6.45, 7) is 5.82. The van der Waals surface area contributed by atoms with Gasteiger partial charge in [0.05, 0.1) is 20.3 Å². The van der Waals surface area contributed by atoms with Crippen molar-refractivity contribution < 1.29 is 14.6 Å². The molecule has 1 atom stereocenters. The smallest absolute Gasteiger partial charge is 0.161 e. The van der Waals surface area contributed by atoms with Gasteiger partial charge in [0.1, 0.15) is 0 Å². The van der Waals surface area contributed by atoms with E-state index in [2.05, 4.69) is 11.8 Å². The van der Waals surface area contributed by atoms with Crippen LogP contribution in [-0.2, 0) is 0 Å². The van der Waals surface area contributed by atoms with Crippen molar-refractivity contribution in [2.75, 3.05) is 33.9 Å². The summed E-state index contributed by atoms with van der Waals surface area (Å²) in [5.74, 6) is 2.23. The van der Waals surface area contributed by atoms with E-state index < -0.39 is 6.10 Å². The largest absolute Gasteiger partial charge is 0.493 e. The third kappa shape index (κ3) is 4.62. The van der Waals surface area contributed by atoms with Gasteiger partial charge in [-0.1, -0.05) is 13.0 Å². The van der Waals surface area contributed by atoms with Gasteiger partial charge in [0, 0.05) is 0 Å². The predicted octanol–water partition coefficient (Wildman–Crippen LogP) is 3.25. The first-order chi connectivity index (χ1) is 10.6. The lowest BCUT2D eigenvalue weighted by atomic mass is 9.98. The topological polar surface area (TPSA) is 41.9 Å². The van der Waals surface area contributed by atoms with Gasteiger partial charge < -0.3 is 19.5 Å². The Hall–Kier alpha value is -1.26. The van der Waals surface area contributed by atoms with Crippen molar-refractivity contribution in [2.45, 2.75) is 38.7 Å². The average Bonchev–Trinajstić information content (AvgIpc) is 2.55. The number of hydrogen-bond donors (Lipinski definition) is 1. The Kier molecular flexibility index (Phi) is 6.52. The number of nitrogens with zero attached hydrogens (tertiary/aromatic N) is 1. The van der Waals surface area contributed by atoms with Gasteiger partial charge in [-0.2, -0.15) is 0 Å².